The van der Waals surface area contributed by atoms with E-state index in [1.807, 2.05) is 6.92 Å². The number of hydrogen-bond acceptors (Lipinski definition) is 16. The van der Waals surface area contributed by atoms with E-state index < -0.39 is 133 Å². The van der Waals surface area contributed by atoms with E-state index >= 15 is 0 Å². The molecule has 0 aromatic carbocycles. The van der Waals surface area contributed by atoms with E-state index in [0.29, 0.717) is 57.3 Å². The first-order chi connectivity index (χ1) is 45.2. The SMILES string of the molecule is CC[C@](C)(NC(=O)[C@@H]1CCCN1)C(=O)N[C@@](C)(CC)C(=O)NCCC(=O)NCC(=O)NC(C)(C)C(=O)NC(C)(C)C(=O)N[C@@](C)(CC)C(=O)NC(C)(C)C(=O)NC(C)(C)C(=O)NC(C)(C)C(=O)N1CCCC[C@H]1C(=O)N[C@@](C)(CC)C(=O)NC(CC(C)C)CN1CCCN2CCCC21. The predicted octanol–water partition coefficient (Wildman–Crippen LogP) is 1.01. The number of nitrogens with one attached hydrogen (secondary N) is 13. The maximum absolute atomic E-state index is 14.6. The van der Waals surface area contributed by atoms with Crippen molar-refractivity contribution in [2.45, 2.75) is 303 Å². The van der Waals surface area contributed by atoms with Crippen molar-refractivity contribution in [3.8, 4) is 0 Å². The first-order valence-corrected chi connectivity index (χ1v) is 35.5. The van der Waals surface area contributed by atoms with E-state index in [1.165, 1.54) is 88.0 Å². The smallest absolute Gasteiger partial charge is 0.248 e. The van der Waals surface area contributed by atoms with Crippen LogP contribution in [0.1, 0.15) is 228 Å². The van der Waals surface area contributed by atoms with Crippen LogP contribution in [-0.4, -0.2) is 218 Å². The zero-order valence-electron chi connectivity index (χ0n) is 62.6. The highest BCUT2D eigenvalue weighted by Crippen LogP contribution is 2.28. The highest BCUT2D eigenvalue weighted by atomic mass is 16.2. The first kappa shape index (κ1) is 83.4. The van der Waals surface area contributed by atoms with Crippen LogP contribution in [0.2, 0.25) is 0 Å². The Balaban J connectivity index is 1.28. The molecule has 8 atom stereocenters. The molecule has 4 aliphatic heterocycles. The van der Waals surface area contributed by atoms with Crippen LogP contribution >= 0.6 is 0 Å². The lowest BCUT2D eigenvalue weighted by molar-refractivity contribution is -0.150. The fourth-order valence-electron chi connectivity index (χ4n) is 12.3. The van der Waals surface area contributed by atoms with Gasteiger partial charge >= 0.3 is 0 Å². The lowest BCUT2D eigenvalue weighted by atomic mass is 9.91. The van der Waals surface area contributed by atoms with Gasteiger partial charge < -0.3 is 74.0 Å². The number of amides is 13. The summed E-state index contributed by atoms with van der Waals surface area (Å²) in [5, 5.41) is 36.1. The predicted molar refractivity (Wildman–Crippen MR) is 372 cm³/mol. The van der Waals surface area contributed by atoms with Crippen LogP contribution in [0, 0.1) is 5.92 Å². The van der Waals surface area contributed by atoms with E-state index in [1.54, 1.807) is 34.6 Å². The summed E-state index contributed by atoms with van der Waals surface area (Å²) in [7, 11) is 0. The van der Waals surface area contributed by atoms with E-state index in [2.05, 4.69) is 92.8 Å². The molecule has 0 aromatic rings. The van der Waals surface area contributed by atoms with E-state index in [9.17, 15) is 62.3 Å². The maximum Gasteiger partial charge on any atom is 0.248 e. The third-order valence-corrected chi connectivity index (χ3v) is 20.1. The van der Waals surface area contributed by atoms with Crippen LogP contribution in [0.3, 0.4) is 0 Å². The second-order valence-corrected chi connectivity index (χ2v) is 31.4. The summed E-state index contributed by atoms with van der Waals surface area (Å²) < 4.78 is 0. The van der Waals surface area contributed by atoms with Crippen molar-refractivity contribution in [2.75, 3.05) is 52.4 Å². The van der Waals surface area contributed by atoms with Gasteiger partial charge in [0, 0.05) is 45.2 Å². The van der Waals surface area contributed by atoms with Gasteiger partial charge in [-0.3, -0.25) is 72.1 Å². The van der Waals surface area contributed by atoms with Crippen molar-refractivity contribution < 1.29 is 62.3 Å². The Bertz CT molecular complexity index is 2930. The molecule has 29 heteroatoms. The standard InChI is InChI=1S/C69H122N16O13/c1-21-66(17,82-59(97)68(19,23-3)75-50(88)45-30-27-34-70-45)56(94)71-35-33-47(86)72-41-48(87)74-61(7,8)52(90)77-64(13,14)55(93)81-69(20,24-4)58(96)80-63(11,12)53(91)78-62(9,10)54(92)79-65(15,16)60(98)85-39-26-25-31-46(85)51(89)76-67(18,22-2)57(95)73-44(40-43(5)6)42-84-38-29-37-83-36-28-32-49(83)84/h43-46,49,70H,21-42H2,1-20H3,(H,71,94)(H,72,86)(H,73,95)(H,74,87)(H,75,88)(H,76,89)(H,77,90)(H,78,91)(H,79,92)(H,80,96)(H,81,93)(H,82,97)/t44?,45-,46-,49?,66-,67-,68-,69-/m0/s1. The largest absolute Gasteiger partial charge is 0.354 e. The molecule has 0 aromatic heterocycles. The molecule has 4 heterocycles. The number of likely N-dealkylation sites (tertiary alicyclic amines) is 1. The normalized spacial score (nSPS) is 20.7. The maximum atomic E-state index is 14.6. The molecule has 4 fully saturated rings. The molecule has 29 nitrogen and oxygen atoms in total. The second-order valence-electron chi connectivity index (χ2n) is 31.4. The topological polar surface area (TPSA) is 388 Å². The number of carbonyl (C=O) groups excluding carboxylic acids is 13. The van der Waals surface area contributed by atoms with Crippen LogP contribution in [0.25, 0.3) is 0 Å². The van der Waals surface area contributed by atoms with Gasteiger partial charge in [-0.15, -0.1) is 0 Å². The van der Waals surface area contributed by atoms with Gasteiger partial charge in [-0.1, -0.05) is 41.5 Å². The van der Waals surface area contributed by atoms with Gasteiger partial charge in [-0.25, -0.2) is 0 Å². The fourth-order valence-corrected chi connectivity index (χ4v) is 12.3. The fraction of sp³-hybridized carbons (Fsp3) is 0.812. The molecule has 0 bridgehead atoms. The van der Waals surface area contributed by atoms with Crippen LogP contribution < -0.4 is 69.1 Å². The molecular formula is C69H122N16O13. The Morgan fingerprint density at radius 3 is 1.45 bits per heavy atom. The Morgan fingerprint density at radius 1 is 0.439 bits per heavy atom. The molecule has 98 heavy (non-hydrogen) atoms. The second kappa shape index (κ2) is 33.9. The number of rotatable bonds is 34. The van der Waals surface area contributed by atoms with Gasteiger partial charge in [0.25, 0.3) is 0 Å². The van der Waals surface area contributed by atoms with E-state index in [4.69, 9.17) is 0 Å². The average molecular weight is 1380 g/mol. The Kier molecular flexibility index (Phi) is 28.9. The van der Waals surface area contributed by atoms with Gasteiger partial charge in [-0.2, -0.15) is 0 Å². The molecule has 13 N–H and O–H groups in total. The molecule has 0 aliphatic carbocycles. The number of nitrogens with zero attached hydrogens (tertiary/aromatic N) is 3. The zero-order valence-corrected chi connectivity index (χ0v) is 62.6. The van der Waals surface area contributed by atoms with Crippen LogP contribution in [0.5, 0.6) is 0 Å². The van der Waals surface area contributed by atoms with Crippen molar-refractivity contribution in [2.24, 2.45) is 5.92 Å². The third kappa shape index (κ3) is 22.0. The molecule has 4 aliphatic rings. The summed E-state index contributed by atoms with van der Waals surface area (Å²) in [5.41, 5.74) is -14.0. The zero-order chi connectivity index (χ0) is 74.4. The highest BCUT2D eigenvalue weighted by Gasteiger charge is 2.49. The minimum absolute atomic E-state index is 0.00255. The lowest BCUT2D eigenvalue weighted by Gasteiger charge is -2.43. The van der Waals surface area contributed by atoms with Gasteiger partial charge in [0.1, 0.15) is 55.9 Å². The Hall–Kier alpha value is -7.01. The minimum Gasteiger partial charge on any atom is -0.354 e. The minimum atomic E-state index is -1.72. The number of hydrogen-bond donors (Lipinski definition) is 13. The van der Waals surface area contributed by atoms with E-state index in [0.717, 1.165) is 51.7 Å². The third-order valence-electron chi connectivity index (χ3n) is 20.1. The summed E-state index contributed by atoms with van der Waals surface area (Å²) in [4.78, 5) is 186. The van der Waals surface area contributed by atoms with Crippen molar-refractivity contribution in [1.29, 1.82) is 0 Å². The molecular weight excluding hydrogens is 1260 g/mol. The average Bonchev–Trinajstić information content (AvgIpc) is 1.27. The van der Waals surface area contributed by atoms with Crippen LogP contribution in [0.4, 0.5) is 0 Å². The lowest BCUT2D eigenvalue weighted by Crippen LogP contribution is -2.70. The summed E-state index contributed by atoms with van der Waals surface area (Å²) >= 11 is 0. The van der Waals surface area contributed by atoms with Crippen molar-refractivity contribution in [3.63, 3.8) is 0 Å². The van der Waals surface area contributed by atoms with Gasteiger partial charge in [0.15, 0.2) is 0 Å². The molecule has 2 unspecified atom stereocenters. The number of piperidine rings is 1. The monoisotopic (exact) mass is 1380 g/mol. The van der Waals surface area contributed by atoms with Gasteiger partial charge in [0.05, 0.1) is 18.8 Å². The summed E-state index contributed by atoms with van der Waals surface area (Å²) in [6.07, 6.45) is 8.02. The first-order valence-electron chi connectivity index (χ1n) is 35.5. The summed E-state index contributed by atoms with van der Waals surface area (Å²) in [6.45, 7) is 35.7. The quantitative estimate of drug-likeness (QED) is 0.0428. The molecule has 0 saturated carbocycles. The van der Waals surface area contributed by atoms with Crippen molar-refractivity contribution >= 4 is 76.8 Å². The van der Waals surface area contributed by atoms with E-state index in [-0.39, 0.29) is 56.6 Å². The summed E-state index contributed by atoms with van der Waals surface area (Å²) in [6, 6.07) is -1.49. The highest BCUT2D eigenvalue weighted by molar-refractivity contribution is 6.03. The molecule has 556 valence electrons. The Labute approximate surface area is 581 Å². The Morgan fingerprint density at radius 2 is 0.908 bits per heavy atom. The molecule has 0 radical (unpaired) electrons. The van der Waals surface area contributed by atoms with Crippen LogP contribution in [-0.2, 0) is 62.3 Å². The van der Waals surface area contributed by atoms with Gasteiger partial charge in [-0.05, 0) is 199 Å². The van der Waals surface area contributed by atoms with Gasteiger partial charge in [0.2, 0.25) is 76.8 Å². The summed E-state index contributed by atoms with van der Waals surface area (Å²) in [5.74, 6) is -7.73. The van der Waals surface area contributed by atoms with Crippen molar-refractivity contribution in [1.82, 2.24) is 83.8 Å². The van der Waals surface area contributed by atoms with Crippen molar-refractivity contribution in [3.05, 3.63) is 0 Å². The number of carbonyl (C=O) groups is 13. The molecule has 4 saturated heterocycles. The number of fused-ring (bicyclic) bond motifs is 1. The van der Waals surface area contributed by atoms with Crippen LogP contribution in [0.15, 0.2) is 0 Å². The molecule has 4 rings (SSSR count). The molecule has 13 amide bonds. The molecule has 0 spiro atoms.